The van der Waals surface area contributed by atoms with E-state index in [-0.39, 0.29) is 0 Å². The predicted molar refractivity (Wildman–Crippen MR) is 77.3 cm³/mol. The minimum atomic E-state index is 0.741. The quantitative estimate of drug-likeness (QED) is 0.746. The Morgan fingerprint density at radius 3 is 2.69 bits per heavy atom. The van der Waals surface area contributed by atoms with E-state index < -0.39 is 0 Å². The number of aryl methyl sites for hydroxylation is 1. The van der Waals surface area contributed by atoms with Gasteiger partial charge in [0.15, 0.2) is 0 Å². The van der Waals surface area contributed by atoms with Gasteiger partial charge in [-0.15, -0.1) is 0 Å². The second kappa shape index (κ2) is 7.31. The van der Waals surface area contributed by atoms with Gasteiger partial charge in [-0.2, -0.15) is 11.8 Å². The highest BCUT2D eigenvalue weighted by molar-refractivity contribution is 7.99. The standard InChI is InChI=1S/C12H17Cl2NS/c1-3-16-6-4-5-15-12-8-10(13)9(2)7-11(12)14/h7-8,15H,3-6H2,1-2H3. The van der Waals surface area contributed by atoms with Gasteiger partial charge >= 0.3 is 0 Å². The first-order valence-corrected chi connectivity index (χ1v) is 7.33. The molecule has 0 aromatic heterocycles. The molecular weight excluding hydrogens is 261 g/mol. The molecule has 0 radical (unpaired) electrons. The summed E-state index contributed by atoms with van der Waals surface area (Å²) in [6, 6.07) is 3.79. The van der Waals surface area contributed by atoms with Gasteiger partial charge < -0.3 is 5.32 Å². The summed E-state index contributed by atoms with van der Waals surface area (Å²) in [5.74, 6) is 2.36. The summed E-state index contributed by atoms with van der Waals surface area (Å²) in [4.78, 5) is 0. The fourth-order valence-corrected chi connectivity index (χ4v) is 2.41. The Kier molecular flexibility index (Phi) is 6.40. The Hall–Kier alpha value is -0.0500. The first-order chi connectivity index (χ1) is 7.65. The molecule has 0 amide bonds. The third kappa shape index (κ3) is 4.44. The minimum Gasteiger partial charge on any atom is -0.384 e. The zero-order valence-corrected chi connectivity index (χ0v) is 12.0. The molecule has 90 valence electrons. The van der Waals surface area contributed by atoms with E-state index >= 15 is 0 Å². The van der Waals surface area contributed by atoms with E-state index in [1.807, 2.05) is 30.8 Å². The lowest BCUT2D eigenvalue weighted by Crippen LogP contribution is -2.03. The number of halogens is 2. The zero-order valence-electron chi connectivity index (χ0n) is 9.65. The molecule has 0 aliphatic carbocycles. The van der Waals surface area contributed by atoms with E-state index in [9.17, 15) is 0 Å². The molecular formula is C12H17Cl2NS. The third-order valence-electron chi connectivity index (χ3n) is 2.23. The van der Waals surface area contributed by atoms with Crippen LogP contribution in [0.5, 0.6) is 0 Å². The monoisotopic (exact) mass is 277 g/mol. The minimum absolute atomic E-state index is 0.741. The zero-order chi connectivity index (χ0) is 12.0. The molecule has 0 saturated heterocycles. The Balaban J connectivity index is 2.45. The molecule has 0 aliphatic heterocycles. The normalized spacial score (nSPS) is 10.5. The fraction of sp³-hybridized carbons (Fsp3) is 0.500. The van der Waals surface area contributed by atoms with Crippen molar-refractivity contribution in [3.05, 3.63) is 27.7 Å². The Labute approximate surface area is 112 Å². The Morgan fingerprint density at radius 2 is 2.00 bits per heavy atom. The number of anilines is 1. The van der Waals surface area contributed by atoms with Crippen molar-refractivity contribution in [3.8, 4) is 0 Å². The maximum absolute atomic E-state index is 6.12. The van der Waals surface area contributed by atoms with Crippen molar-refractivity contribution in [1.29, 1.82) is 0 Å². The third-order valence-corrected chi connectivity index (χ3v) is 3.94. The van der Waals surface area contributed by atoms with E-state index in [0.717, 1.165) is 34.3 Å². The number of hydrogen-bond acceptors (Lipinski definition) is 2. The van der Waals surface area contributed by atoms with Crippen LogP contribution in [0.2, 0.25) is 10.0 Å². The van der Waals surface area contributed by atoms with E-state index in [1.165, 1.54) is 11.5 Å². The second-order valence-corrected chi connectivity index (χ2v) is 5.77. The molecule has 0 spiro atoms. The van der Waals surface area contributed by atoms with Gasteiger partial charge in [-0.25, -0.2) is 0 Å². The first-order valence-electron chi connectivity index (χ1n) is 5.42. The van der Waals surface area contributed by atoms with Crippen molar-refractivity contribution < 1.29 is 0 Å². The highest BCUT2D eigenvalue weighted by atomic mass is 35.5. The summed E-state index contributed by atoms with van der Waals surface area (Å²) in [5, 5.41) is 4.81. The SMILES string of the molecule is CCSCCCNc1cc(Cl)c(C)cc1Cl. The summed E-state index contributed by atoms with van der Waals surface area (Å²) in [6.45, 7) is 5.07. The predicted octanol–water partition coefficient (Wildman–Crippen LogP) is 4.86. The molecule has 1 rings (SSSR count). The van der Waals surface area contributed by atoms with Crippen molar-refractivity contribution >= 4 is 40.7 Å². The van der Waals surface area contributed by atoms with Crippen LogP contribution in [0.3, 0.4) is 0 Å². The van der Waals surface area contributed by atoms with Crippen molar-refractivity contribution in [2.24, 2.45) is 0 Å². The molecule has 0 heterocycles. The van der Waals surface area contributed by atoms with Crippen molar-refractivity contribution in [3.63, 3.8) is 0 Å². The van der Waals surface area contributed by atoms with Gasteiger partial charge in [0.05, 0.1) is 10.7 Å². The lowest BCUT2D eigenvalue weighted by Gasteiger charge is -2.10. The van der Waals surface area contributed by atoms with Gasteiger partial charge in [0, 0.05) is 11.6 Å². The molecule has 0 saturated carbocycles. The number of hydrogen-bond donors (Lipinski definition) is 1. The molecule has 0 unspecified atom stereocenters. The maximum Gasteiger partial charge on any atom is 0.0641 e. The average molecular weight is 278 g/mol. The molecule has 1 nitrogen and oxygen atoms in total. The Bertz CT molecular complexity index is 342. The van der Waals surface area contributed by atoms with Crippen LogP contribution in [-0.4, -0.2) is 18.1 Å². The van der Waals surface area contributed by atoms with Crippen LogP contribution in [0.4, 0.5) is 5.69 Å². The average Bonchev–Trinajstić information content (AvgIpc) is 2.25. The topological polar surface area (TPSA) is 12.0 Å². The van der Waals surface area contributed by atoms with Crippen molar-refractivity contribution in [2.45, 2.75) is 20.3 Å². The lowest BCUT2D eigenvalue weighted by atomic mass is 10.2. The van der Waals surface area contributed by atoms with Crippen LogP contribution < -0.4 is 5.32 Å². The number of rotatable bonds is 6. The Morgan fingerprint density at radius 1 is 1.25 bits per heavy atom. The van der Waals surface area contributed by atoms with E-state index in [4.69, 9.17) is 23.2 Å². The van der Waals surface area contributed by atoms with Crippen LogP contribution in [0.15, 0.2) is 12.1 Å². The van der Waals surface area contributed by atoms with Gasteiger partial charge in [0.1, 0.15) is 0 Å². The fourth-order valence-electron chi connectivity index (χ4n) is 1.32. The lowest BCUT2D eigenvalue weighted by molar-refractivity contribution is 0.992. The molecule has 0 aliphatic rings. The molecule has 0 bridgehead atoms. The molecule has 1 aromatic carbocycles. The van der Waals surface area contributed by atoms with Crippen LogP contribution in [0, 0.1) is 6.92 Å². The van der Waals surface area contributed by atoms with Crippen LogP contribution >= 0.6 is 35.0 Å². The maximum atomic E-state index is 6.12. The van der Waals surface area contributed by atoms with E-state index in [2.05, 4.69) is 12.2 Å². The van der Waals surface area contributed by atoms with Gasteiger partial charge in [0.25, 0.3) is 0 Å². The summed E-state index contributed by atoms with van der Waals surface area (Å²) in [6.07, 6.45) is 1.14. The van der Waals surface area contributed by atoms with Crippen LogP contribution in [0.1, 0.15) is 18.9 Å². The highest BCUT2D eigenvalue weighted by Gasteiger charge is 2.03. The summed E-state index contributed by atoms with van der Waals surface area (Å²) in [5.41, 5.74) is 1.94. The van der Waals surface area contributed by atoms with E-state index in [1.54, 1.807) is 0 Å². The van der Waals surface area contributed by atoms with Crippen molar-refractivity contribution in [2.75, 3.05) is 23.4 Å². The number of benzene rings is 1. The number of nitrogens with one attached hydrogen (secondary N) is 1. The summed E-state index contributed by atoms with van der Waals surface area (Å²) >= 11 is 14.1. The van der Waals surface area contributed by atoms with Gasteiger partial charge in [-0.1, -0.05) is 30.1 Å². The smallest absolute Gasteiger partial charge is 0.0641 e. The molecule has 0 atom stereocenters. The molecule has 1 aromatic rings. The van der Waals surface area contributed by atoms with Crippen LogP contribution in [0.25, 0.3) is 0 Å². The largest absolute Gasteiger partial charge is 0.384 e. The highest BCUT2D eigenvalue weighted by Crippen LogP contribution is 2.28. The van der Waals surface area contributed by atoms with Gasteiger partial charge in [-0.05, 0) is 42.5 Å². The van der Waals surface area contributed by atoms with E-state index in [0.29, 0.717) is 0 Å². The van der Waals surface area contributed by atoms with Gasteiger partial charge in [-0.3, -0.25) is 0 Å². The van der Waals surface area contributed by atoms with Crippen molar-refractivity contribution in [1.82, 2.24) is 0 Å². The second-order valence-electron chi connectivity index (χ2n) is 3.56. The molecule has 1 N–H and O–H groups in total. The number of thioether (sulfide) groups is 1. The molecule has 4 heteroatoms. The van der Waals surface area contributed by atoms with Crippen LogP contribution in [-0.2, 0) is 0 Å². The first kappa shape index (κ1) is 14.0. The summed E-state index contributed by atoms with van der Waals surface area (Å²) < 4.78 is 0. The molecule has 0 fully saturated rings. The molecule has 16 heavy (non-hydrogen) atoms. The van der Waals surface area contributed by atoms with Gasteiger partial charge in [0.2, 0.25) is 0 Å². The summed E-state index contributed by atoms with van der Waals surface area (Å²) in [7, 11) is 0.